The minimum Gasteiger partial charge on any atom is -0.618 e. The van der Waals surface area contributed by atoms with Gasteiger partial charge >= 0.3 is 0 Å². The summed E-state index contributed by atoms with van der Waals surface area (Å²) in [5.74, 6) is 0. The monoisotopic (exact) mass is 257 g/mol. The van der Waals surface area contributed by atoms with Gasteiger partial charge in [-0.1, -0.05) is 41.9 Å². The normalized spacial score (nSPS) is 11.9. The Kier molecular flexibility index (Phi) is 4.15. The van der Waals surface area contributed by atoms with E-state index in [0.717, 1.165) is 10.3 Å². The predicted molar refractivity (Wildman–Crippen MR) is 76.3 cm³/mol. The van der Waals surface area contributed by atoms with Crippen LogP contribution in [-0.2, 0) is 0 Å². The molecule has 0 aliphatic carbocycles. The minimum atomic E-state index is 0.609. The molecule has 0 unspecified atom stereocenters. The van der Waals surface area contributed by atoms with Crippen LogP contribution in [0.15, 0.2) is 60.7 Å². The Labute approximate surface area is 111 Å². The van der Waals surface area contributed by atoms with Crippen LogP contribution in [0.5, 0.6) is 0 Å². The highest BCUT2D eigenvalue weighted by atomic mass is 35.5. The second kappa shape index (κ2) is 6.03. The molecule has 2 aromatic carbocycles. The van der Waals surface area contributed by atoms with Crippen molar-refractivity contribution in [2.24, 2.45) is 0 Å². The summed E-state index contributed by atoms with van der Waals surface area (Å²) in [6.07, 6.45) is 5.04. The number of rotatable bonds is 3. The van der Waals surface area contributed by atoms with Crippen molar-refractivity contribution in [2.75, 3.05) is 0 Å². The first-order valence-electron chi connectivity index (χ1n) is 5.54. The van der Waals surface area contributed by atoms with E-state index in [1.807, 2.05) is 48.5 Å². The molecule has 0 amide bonds. The molecule has 0 saturated carbocycles. The number of benzene rings is 2. The molecule has 0 fully saturated rings. The molecule has 0 spiro atoms. The topological polar surface area (TPSA) is 26.1 Å². The summed E-state index contributed by atoms with van der Waals surface area (Å²) < 4.78 is 0.826. The number of hydrogen-bond acceptors (Lipinski definition) is 1. The maximum Gasteiger partial charge on any atom is 0.216 e. The third kappa shape index (κ3) is 3.47. The molecule has 0 aliphatic rings. The Bertz CT molecular complexity index is 559. The first-order chi connectivity index (χ1) is 8.75. The lowest BCUT2D eigenvalue weighted by molar-refractivity contribution is -0.354. The van der Waals surface area contributed by atoms with Crippen molar-refractivity contribution in [3.05, 3.63) is 76.5 Å². The van der Waals surface area contributed by atoms with Crippen LogP contribution in [0, 0.1) is 5.21 Å². The molecule has 2 aromatic rings. The Morgan fingerprint density at radius 2 is 1.61 bits per heavy atom. The summed E-state index contributed by atoms with van der Waals surface area (Å²) in [7, 11) is 0. The van der Waals surface area contributed by atoms with Gasteiger partial charge in [0.2, 0.25) is 5.69 Å². The van der Waals surface area contributed by atoms with E-state index in [4.69, 9.17) is 11.6 Å². The third-order valence-corrected chi connectivity index (χ3v) is 2.64. The van der Waals surface area contributed by atoms with Crippen LogP contribution >= 0.6 is 11.6 Å². The largest absolute Gasteiger partial charge is 0.618 e. The van der Waals surface area contributed by atoms with Crippen molar-refractivity contribution in [3.8, 4) is 0 Å². The van der Waals surface area contributed by atoms with Crippen molar-refractivity contribution in [2.45, 2.75) is 0 Å². The van der Waals surface area contributed by atoms with Gasteiger partial charge in [-0.3, -0.25) is 0 Å². The molecule has 0 radical (unpaired) electrons. The highest BCUT2D eigenvalue weighted by Gasteiger charge is 1.95. The van der Waals surface area contributed by atoms with Crippen molar-refractivity contribution in [1.82, 2.24) is 0 Å². The smallest absolute Gasteiger partial charge is 0.216 e. The maximum atomic E-state index is 11.7. The summed E-state index contributed by atoms with van der Waals surface area (Å²) in [5, 5.41) is 12.4. The fourth-order valence-corrected chi connectivity index (χ4v) is 1.59. The molecular formula is C15H12ClNO. The van der Waals surface area contributed by atoms with Crippen LogP contribution in [0.4, 0.5) is 5.69 Å². The first-order valence-corrected chi connectivity index (χ1v) is 5.92. The van der Waals surface area contributed by atoms with Crippen LogP contribution in [0.3, 0.4) is 0 Å². The summed E-state index contributed by atoms with van der Waals surface area (Å²) in [5.41, 5.74) is 1.61. The second-order valence-corrected chi connectivity index (χ2v) is 4.16. The Hall–Kier alpha value is -2.06. The third-order valence-electron chi connectivity index (χ3n) is 2.39. The fraction of sp³-hybridized carbons (Fsp3) is 0. The van der Waals surface area contributed by atoms with Crippen molar-refractivity contribution in [3.63, 3.8) is 0 Å². The molecule has 0 aromatic heterocycles. The van der Waals surface area contributed by atoms with E-state index >= 15 is 0 Å². The zero-order chi connectivity index (χ0) is 12.8. The lowest BCUT2D eigenvalue weighted by Gasteiger charge is -2.00. The van der Waals surface area contributed by atoms with Crippen molar-refractivity contribution < 1.29 is 4.74 Å². The van der Waals surface area contributed by atoms with Gasteiger partial charge in [0, 0.05) is 23.2 Å². The van der Waals surface area contributed by atoms with Crippen LogP contribution in [-0.4, -0.2) is 11.0 Å². The van der Waals surface area contributed by atoms with Gasteiger partial charge in [-0.15, -0.1) is 0 Å². The van der Waals surface area contributed by atoms with E-state index in [1.54, 1.807) is 18.2 Å². The van der Waals surface area contributed by atoms with E-state index in [0.29, 0.717) is 10.7 Å². The van der Waals surface area contributed by atoms with Gasteiger partial charge in [-0.05, 0) is 23.8 Å². The average Bonchev–Trinajstić information content (AvgIpc) is 2.42. The SMILES string of the molecule is [O-]/[N+](=C\C=C\c1ccc(Cl)cc1)c1ccccc1. The number of hydrogen-bond donors (Lipinski definition) is 0. The number of nitrogens with zero attached hydrogens (tertiary/aromatic N) is 1. The summed E-state index contributed by atoms with van der Waals surface area (Å²) >= 11 is 5.79. The Morgan fingerprint density at radius 1 is 0.944 bits per heavy atom. The van der Waals surface area contributed by atoms with Crippen LogP contribution in [0.1, 0.15) is 5.56 Å². The van der Waals surface area contributed by atoms with E-state index in [2.05, 4.69) is 0 Å². The molecule has 0 atom stereocenters. The quantitative estimate of drug-likeness (QED) is 0.349. The molecule has 0 saturated heterocycles. The van der Waals surface area contributed by atoms with E-state index < -0.39 is 0 Å². The molecule has 2 nitrogen and oxygen atoms in total. The lowest BCUT2D eigenvalue weighted by atomic mass is 10.2. The van der Waals surface area contributed by atoms with Crippen molar-refractivity contribution >= 4 is 29.6 Å². The maximum absolute atomic E-state index is 11.7. The van der Waals surface area contributed by atoms with E-state index in [9.17, 15) is 5.21 Å². The van der Waals surface area contributed by atoms with Crippen LogP contribution < -0.4 is 0 Å². The fourth-order valence-electron chi connectivity index (χ4n) is 1.47. The van der Waals surface area contributed by atoms with Gasteiger partial charge in [0.1, 0.15) is 0 Å². The summed E-state index contributed by atoms with van der Waals surface area (Å²) in [6.45, 7) is 0. The van der Waals surface area contributed by atoms with Crippen LogP contribution in [0.2, 0.25) is 5.02 Å². The molecule has 90 valence electrons. The standard InChI is InChI=1S/C15H12ClNO/c16-14-10-8-13(9-11-14)5-4-12-17(18)15-6-2-1-3-7-15/h1-12H/b5-4+,17-12-. The van der Waals surface area contributed by atoms with Crippen LogP contribution in [0.25, 0.3) is 6.08 Å². The van der Waals surface area contributed by atoms with E-state index in [-0.39, 0.29) is 0 Å². The molecule has 2 rings (SSSR count). The average molecular weight is 258 g/mol. The van der Waals surface area contributed by atoms with Gasteiger partial charge in [0.15, 0.2) is 6.21 Å². The molecule has 0 aliphatic heterocycles. The lowest BCUT2D eigenvalue weighted by Crippen LogP contribution is -1.94. The Morgan fingerprint density at radius 3 is 2.28 bits per heavy atom. The van der Waals surface area contributed by atoms with Gasteiger partial charge in [-0.25, -0.2) is 0 Å². The molecule has 3 heteroatoms. The highest BCUT2D eigenvalue weighted by Crippen LogP contribution is 2.11. The molecule has 0 heterocycles. The minimum absolute atomic E-state index is 0.609. The van der Waals surface area contributed by atoms with Crippen molar-refractivity contribution in [1.29, 1.82) is 0 Å². The molecule has 18 heavy (non-hydrogen) atoms. The predicted octanol–water partition coefficient (Wildman–Crippen LogP) is 4.27. The molecule has 0 N–H and O–H groups in total. The number of halogens is 1. The zero-order valence-electron chi connectivity index (χ0n) is 9.66. The first kappa shape index (κ1) is 12.4. The van der Waals surface area contributed by atoms with E-state index in [1.165, 1.54) is 6.21 Å². The summed E-state index contributed by atoms with van der Waals surface area (Å²) in [6, 6.07) is 16.5. The number of para-hydroxylation sites is 1. The summed E-state index contributed by atoms with van der Waals surface area (Å²) in [4.78, 5) is 0. The molecule has 0 bridgehead atoms. The highest BCUT2D eigenvalue weighted by molar-refractivity contribution is 6.30. The zero-order valence-corrected chi connectivity index (χ0v) is 10.4. The Balaban J connectivity index is 2.08. The van der Waals surface area contributed by atoms with Gasteiger partial charge in [0.05, 0.1) is 0 Å². The second-order valence-electron chi connectivity index (χ2n) is 3.72. The molecular weight excluding hydrogens is 246 g/mol. The van der Waals surface area contributed by atoms with Gasteiger partial charge in [-0.2, -0.15) is 4.74 Å². The van der Waals surface area contributed by atoms with Gasteiger partial charge < -0.3 is 5.21 Å². The number of allylic oxidation sites excluding steroid dienone is 1. The van der Waals surface area contributed by atoms with Gasteiger partial charge in [0.25, 0.3) is 0 Å².